The standard InChI is InChI=1S/C7H9F3OS/c8-7(9,10)6(11)3-4-1-2-5(6)12-4/h4-5,11H,1-3H2. The predicted octanol–water partition coefficient (Wildman–Crippen LogP) is 1.95. The monoisotopic (exact) mass is 198 g/mol. The van der Waals surface area contributed by atoms with Crippen LogP contribution >= 0.6 is 11.8 Å². The molecule has 0 amide bonds. The summed E-state index contributed by atoms with van der Waals surface area (Å²) in [5.41, 5.74) is -2.39. The minimum Gasteiger partial charge on any atom is -0.379 e. The van der Waals surface area contributed by atoms with E-state index in [0.29, 0.717) is 6.42 Å². The Labute approximate surface area is 72.3 Å². The number of aliphatic hydroxyl groups is 1. The summed E-state index contributed by atoms with van der Waals surface area (Å²) in [6, 6.07) is 0. The zero-order chi connectivity index (χ0) is 8.98. The average molecular weight is 198 g/mol. The summed E-state index contributed by atoms with van der Waals surface area (Å²) >= 11 is 1.30. The van der Waals surface area contributed by atoms with Crippen molar-refractivity contribution in [1.29, 1.82) is 0 Å². The number of thioether (sulfide) groups is 1. The third kappa shape index (κ3) is 0.988. The highest BCUT2D eigenvalue weighted by Gasteiger charge is 2.65. The molecule has 2 bridgehead atoms. The van der Waals surface area contributed by atoms with Crippen LogP contribution < -0.4 is 0 Å². The van der Waals surface area contributed by atoms with Gasteiger partial charge in [-0.15, -0.1) is 0 Å². The highest BCUT2D eigenvalue weighted by atomic mass is 32.2. The number of rotatable bonds is 0. The normalized spacial score (nSPS) is 47.0. The Balaban J connectivity index is 2.23. The fraction of sp³-hybridized carbons (Fsp3) is 1.00. The molecule has 0 aromatic carbocycles. The van der Waals surface area contributed by atoms with Crippen molar-refractivity contribution in [2.75, 3.05) is 0 Å². The van der Waals surface area contributed by atoms with Crippen molar-refractivity contribution < 1.29 is 18.3 Å². The van der Waals surface area contributed by atoms with Gasteiger partial charge in [0.1, 0.15) is 0 Å². The molecule has 2 fully saturated rings. The van der Waals surface area contributed by atoms with E-state index in [0.717, 1.165) is 6.42 Å². The van der Waals surface area contributed by atoms with E-state index in [-0.39, 0.29) is 11.7 Å². The molecule has 0 radical (unpaired) electrons. The molecule has 70 valence electrons. The molecule has 0 spiro atoms. The smallest absolute Gasteiger partial charge is 0.379 e. The minimum atomic E-state index is -4.44. The molecule has 2 saturated heterocycles. The lowest BCUT2D eigenvalue weighted by atomic mass is 9.84. The predicted molar refractivity (Wildman–Crippen MR) is 40.0 cm³/mol. The summed E-state index contributed by atoms with van der Waals surface area (Å²) in [5.74, 6) is 0. The number of fused-ring (bicyclic) bond motifs is 2. The number of alkyl halides is 3. The lowest BCUT2D eigenvalue weighted by molar-refractivity contribution is -0.262. The van der Waals surface area contributed by atoms with Gasteiger partial charge in [0.25, 0.3) is 0 Å². The van der Waals surface area contributed by atoms with E-state index in [1.807, 2.05) is 0 Å². The molecule has 1 N–H and O–H groups in total. The summed E-state index contributed by atoms with van der Waals surface area (Å²) in [7, 11) is 0. The van der Waals surface area contributed by atoms with Gasteiger partial charge in [-0.3, -0.25) is 0 Å². The van der Waals surface area contributed by atoms with Crippen molar-refractivity contribution in [3.05, 3.63) is 0 Å². The maximum Gasteiger partial charge on any atom is 0.418 e. The first-order valence-corrected chi connectivity index (χ1v) is 4.82. The molecule has 2 aliphatic heterocycles. The van der Waals surface area contributed by atoms with Crippen LogP contribution in [0.2, 0.25) is 0 Å². The first-order chi connectivity index (χ1) is 5.43. The molecule has 2 aliphatic rings. The lowest BCUT2D eigenvalue weighted by Crippen LogP contribution is -2.51. The number of halogens is 3. The van der Waals surface area contributed by atoms with Crippen LogP contribution in [0.1, 0.15) is 19.3 Å². The quantitative estimate of drug-likeness (QED) is 0.642. The van der Waals surface area contributed by atoms with Crippen LogP contribution in [-0.2, 0) is 0 Å². The fourth-order valence-electron chi connectivity index (χ4n) is 1.98. The van der Waals surface area contributed by atoms with Crippen LogP contribution in [0.5, 0.6) is 0 Å². The molecule has 0 aromatic heterocycles. The molecule has 3 unspecified atom stereocenters. The zero-order valence-corrected chi connectivity index (χ0v) is 7.08. The fourth-order valence-corrected chi connectivity index (χ4v) is 3.80. The number of hydrogen-bond donors (Lipinski definition) is 1. The maximum atomic E-state index is 12.3. The summed E-state index contributed by atoms with van der Waals surface area (Å²) in [6.07, 6.45) is -3.22. The third-order valence-corrected chi connectivity index (χ3v) is 4.41. The van der Waals surface area contributed by atoms with Crippen molar-refractivity contribution in [3.63, 3.8) is 0 Å². The van der Waals surface area contributed by atoms with Gasteiger partial charge < -0.3 is 5.11 Å². The largest absolute Gasteiger partial charge is 0.418 e. The molecule has 5 heteroatoms. The minimum absolute atomic E-state index is 0.0293. The first-order valence-electron chi connectivity index (χ1n) is 3.88. The lowest BCUT2D eigenvalue weighted by Gasteiger charge is -2.32. The second-order valence-corrected chi connectivity index (χ2v) is 4.96. The molecule has 0 aliphatic carbocycles. The Hall–Kier alpha value is 0.100. The Morgan fingerprint density at radius 2 is 2.00 bits per heavy atom. The van der Waals surface area contributed by atoms with Crippen molar-refractivity contribution in [2.24, 2.45) is 0 Å². The van der Waals surface area contributed by atoms with Gasteiger partial charge in [0.2, 0.25) is 0 Å². The average Bonchev–Trinajstić information content (AvgIpc) is 2.43. The second-order valence-electron chi connectivity index (χ2n) is 3.45. The molecule has 3 atom stereocenters. The molecule has 0 saturated carbocycles. The van der Waals surface area contributed by atoms with Crippen LogP contribution in [-0.4, -0.2) is 27.4 Å². The van der Waals surface area contributed by atoms with Crippen LogP contribution in [0.25, 0.3) is 0 Å². The van der Waals surface area contributed by atoms with Gasteiger partial charge in [0.15, 0.2) is 5.60 Å². The van der Waals surface area contributed by atoms with E-state index < -0.39 is 17.0 Å². The topological polar surface area (TPSA) is 20.2 Å². The summed E-state index contributed by atoms with van der Waals surface area (Å²) < 4.78 is 37.0. The van der Waals surface area contributed by atoms with E-state index >= 15 is 0 Å². The van der Waals surface area contributed by atoms with E-state index in [1.54, 1.807) is 0 Å². The van der Waals surface area contributed by atoms with Gasteiger partial charge in [-0.05, 0) is 19.3 Å². The Bertz CT molecular complexity index is 205. The third-order valence-electron chi connectivity index (χ3n) is 2.67. The van der Waals surface area contributed by atoms with Gasteiger partial charge >= 0.3 is 6.18 Å². The van der Waals surface area contributed by atoms with E-state index in [1.165, 1.54) is 11.8 Å². The molecule has 0 aromatic rings. The highest BCUT2D eigenvalue weighted by molar-refractivity contribution is 8.01. The van der Waals surface area contributed by atoms with Crippen molar-refractivity contribution >= 4 is 11.8 Å². The van der Waals surface area contributed by atoms with Crippen LogP contribution in [0.4, 0.5) is 13.2 Å². The van der Waals surface area contributed by atoms with Crippen LogP contribution in [0.3, 0.4) is 0 Å². The van der Waals surface area contributed by atoms with E-state index in [9.17, 15) is 18.3 Å². The van der Waals surface area contributed by atoms with Gasteiger partial charge in [0, 0.05) is 10.5 Å². The van der Waals surface area contributed by atoms with Crippen molar-refractivity contribution in [1.82, 2.24) is 0 Å². The SMILES string of the molecule is OC1(C(F)(F)F)CC2CCC1S2. The zero-order valence-electron chi connectivity index (χ0n) is 6.27. The molecular formula is C7H9F3OS. The van der Waals surface area contributed by atoms with Gasteiger partial charge in [-0.2, -0.15) is 24.9 Å². The Morgan fingerprint density at radius 3 is 2.25 bits per heavy atom. The number of hydrogen-bond acceptors (Lipinski definition) is 2. The Kier molecular flexibility index (Phi) is 1.68. The second kappa shape index (κ2) is 2.32. The van der Waals surface area contributed by atoms with Gasteiger partial charge in [-0.25, -0.2) is 0 Å². The molecule has 1 nitrogen and oxygen atoms in total. The van der Waals surface area contributed by atoms with E-state index in [4.69, 9.17) is 0 Å². The van der Waals surface area contributed by atoms with Gasteiger partial charge in [-0.1, -0.05) is 0 Å². The molecular weight excluding hydrogens is 189 g/mol. The maximum absolute atomic E-state index is 12.3. The Morgan fingerprint density at radius 1 is 1.33 bits per heavy atom. The first kappa shape index (κ1) is 8.69. The van der Waals surface area contributed by atoms with Crippen molar-refractivity contribution in [3.8, 4) is 0 Å². The summed E-state index contributed by atoms with van der Waals surface area (Å²) in [4.78, 5) is 0. The van der Waals surface area contributed by atoms with E-state index in [2.05, 4.69) is 0 Å². The molecule has 2 rings (SSSR count). The van der Waals surface area contributed by atoms with Crippen molar-refractivity contribution in [2.45, 2.75) is 41.5 Å². The van der Waals surface area contributed by atoms with Crippen LogP contribution in [0.15, 0.2) is 0 Å². The summed E-state index contributed by atoms with van der Waals surface area (Å²) in [5, 5.41) is 8.79. The molecule has 2 heterocycles. The van der Waals surface area contributed by atoms with Gasteiger partial charge in [0.05, 0.1) is 0 Å². The molecule has 12 heavy (non-hydrogen) atoms. The summed E-state index contributed by atoms with van der Waals surface area (Å²) in [6.45, 7) is 0. The highest BCUT2D eigenvalue weighted by Crippen LogP contribution is 2.56. The van der Waals surface area contributed by atoms with Crippen LogP contribution in [0, 0.1) is 0 Å².